The van der Waals surface area contributed by atoms with E-state index in [9.17, 15) is 4.79 Å². The molecule has 148 valence electrons. The smallest absolute Gasteiger partial charge is 0.246 e. The number of ether oxygens (including phenoxy) is 2. The number of aryl methyl sites for hydroxylation is 1. The highest BCUT2D eigenvalue weighted by Gasteiger charge is 2.35. The van der Waals surface area contributed by atoms with Gasteiger partial charge in [0, 0.05) is 11.6 Å². The van der Waals surface area contributed by atoms with Crippen molar-refractivity contribution in [1.29, 1.82) is 0 Å². The number of hydrogen-bond donors (Lipinski definition) is 1. The molecule has 2 saturated heterocycles. The highest BCUT2D eigenvalue weighted by Crippen LogP contribution is 2.31. The lowest BCUT2D eigenvalue weighted by atomic mass is 9.93. The van der Waals surface area contributed by atoms with Gasteiger partial charge < -0.3 is 14.8 Å². The van der Waals surface area contributed by atoms with Crippen LogP contribution in [0.25, 0.3) is 0 Å². The lowest BCUT2D eigenvalue weighted by Gasteiger charge is -2.38. The third kappa shape index (κ3) is 4.43. The van der Waals surface area contributed by atoms with Gasteiger partial charge in [0.25, 0.3) is 0 Å². The predicted octanol–water partition coefficient (Wildman–Crippen LogP) is 3.76. The Bertz CT molecular complexity index is 764. The fourth-order valence-electron chi connectivity index (χ4n) is 4.11. The van der Waals surface area contributed by atoms with Gasteiger partial charge in [0.2, 0.25) is 5.91 Å². The zero-order valence-corrected chi connectivity index (χ0v) is 16.3. The molecule has 28 heavy (non-hydrogen) atoms. The first kappa shape index (κ1) is 19.1. The normalized spacial score (nSPS) is 20.2. The van der Waals surface area contributed by atoms with E-state index in [1.165, 1.54) is 5.56 Å². The van der Waals surface area contributed by atoms with Gasteiger partial charge in [-0.2, -0.15) is 0 Å². The molecule has 2 aliphatic rings. The van der Waals surface area contributed by atoms with E-state index < -0.39 is 0 Å². The van der Waals surface area contributed by atoms with Crippen LogP contribution in [-0.4, -0.2) is 43.4 Å². The number of benzene rings is 2. The summed E-state index contributed by atoms with van der Waals surface area (Å²) in [6, 6.07) is 17.7. The van der Waals surface area contributed by atoms with Crippen molar-refractivity contribution in [3.63, 3.8) is 0 Å². The van der Waals surface area contributed by atoms with E-state index in [1.807, 2.05) is 61.5 Å². The maximum atomic E-state index is 13.2. The Morgan fingerprint density at radius 1 is 1.00 bits per heavy atom. The van der Waals surface area contributed by atoms with E-state index in [4.69, 9.17) is 9.47 Å². The SMILES string of the molecule is Cc1ccc(NC(=O)C(c2ccccc2)N2CCC(C3OCCO3)CC2)cc1. The van der Waals surface area contributed by atoms with E-state index in [0.29, 0.717) is 19.1 Å². The van der Waals surface area contributed by atoms with Crippen LogP contribution in [0.4, 0.5) is 5.69 Å². The molecular weight excluding hydrogens is 352 g/mol. The van der Waals surface area contributed by atoms with Crippen LogP contribution in [0.1, 0.15) is 30.0 Å². The number of likely N-dealkylation sites (tertiary alicyclic amines) is 1. The van der Waals surface area contributed by atoms with E-state index in [1.54, 1.807) is 0 Å². The summed E-state index contributed by atoms with van der Waals surface area (Å²) in [6.07, 6.45) is 1.89. The average Bonchev–Trinajstić information content (AvgIpc) is 3.26. The molecule has 0 aromatic heterocycles. The zero-order valence-electron chi connectivity index (χ0n) is 16.3. The fourth-order valence-corrected chi connectivity index (χ4v) is 4.11. The molecule has 4 rings (SSSR count). The molecule has 1 N–H and O–H groups in total. The van der Waals surface area contributed by atoms with Crippen molar-refractivity contribution in [1.82, 2.24) is 4.90 Å². The summed E-state index contributed by atoms with van der Waals surface area (Å²) >= 11 is 0. The second kappa shape index (κ2) is 8.86. The van der Waals surface area contributed by atoms with Gasteiger partial charge in [-0.1, -0.05) is 48.0 Å². The Morgan fingerprint density at radius 2 is 1.64 bits per heavy atom. The minimum absolute atomic E-state index is 0.0156. The largest absolute Gasteiger partial charge is 0.350 e. The molecule has 1 unspecified atom stereocenters. The van der Waals surface area contributed by atoms with Crippen LogP contribution < -0.4 is 5.32 Å². The number of nitrogens with one attached hydrogen (secondary N) is 1. The Labute approximate surface area is 166 Å². The lowest BCUT2D eigenvalue weighted by Crippen LogP contribution is -2.44. The second-order valence-electron chi connectivity index (χ2n) is 7.65. The van der Waals surface area contributed by atoms with Gasteiger partial charge in [0.15, 0.2) is 6.29 Å². The Balaban J connectivity index is 1.48. The standard InChI is InChI=1S/C23H28N2O3/c1-17-7-9-20(10-8-17)24-22(26)21(18-5-3-2-4-6-18)25-13-11-19(12-14-25)23-27-15-16-28-23/h2-10,19,21,23H,11-16H2,1H3,(H,24,26). The number of anilines is 1. The van der Waals surface area contributed by atoms with Gasteiger partial charge in [-0.3, -0.25) is 9.69 Å². The number of rotatable bonds is 5. The summed E-state index contributed by atoms with van der Waals surface area (Å²) in [4.78, 5) is 15.5. The van der Waals surface area contributed by atoms with Gasteiger partial charge in [0.1, 0.15) is 6.04 Å². The maximum absolute atomic E-state index is 13.2. The van der Waals surface area contributed by atoms with Crippen LogP contribution in [0.2, 0.25) is 0 Å². The minimum atomic E-state index is -0.297. The van der Waals surface area contributed by atoms with Crippen LogP contribution in [-0.2, 0) is 14.3 Å². The molecule has 2 aromatic carbocycles. The molecule has 5 nitrogen and oxygen atoms in total. The quantitative estimate of drug-likeness (QED) is 0.858. The summed E-state index contributed by atoms with van der Waals surface area (Å²) in [5, 5.41) is 3.10. The van der Waals surface area contributed by atoms with E-state index in [2.05, 4.69) is 10.2 Å². The van der Waals surface area contributed by atoms with E-state index >= 15 is 0 Å². The Hall–Kier alpha value is -2.21. The topological polar surface area (TPSA) is 50.8 Å². The van der Waals surface area contributed by atoms with Crippen molar-refractivity contribution in [3.05, 3.63) is 65.7 Å². The number of hydrogen-bond acceptors (Lipinski definition) is 4. The van der Waals surface area contributed by atoms with E-state index in [-0.39, 0.29) is 18.2 Å². The van der Waals surface area contributed by atoms with Gasteiger partial charge in [-0.05, 0) is 50.6 Å². The summed E-state index contributed by atoms with van der Waals surface area (Å²) in [5.41, 5.74) is 3.04. The third-order valence-electron chi connectivity index (χ3n) is 5.65. The van der Waals surface area contributed by atoms with Crippen LogP contribution in [0, 0.1) is 12.8 Å². The van der Waals surface area contributed by atoms with Gasteiger partial charge in [0.05, 0.1) is 13.2 Å². The first-order valence-electron chi connectivity index (χ1n) is 10.1. The van der Waals surface area contributed by atoms with Crippen molar-refractivity contribution in [3.8, 4) is 0 Å². The van der Waals surface area contributed by atoms with Crippen molar-refractivity contribution in [2.75, 3.05) is 31.6 Å². The van der Waals surface area contributed by atoms with Crippen LogP contribution in [0.3, 0.4) is 0 Å². The van der Waals surface area contributed by atoms with Crippen molar-refractivity contribution in [2.45, 2.75) is 32.1 Å². The summed E-state index contributed by atoms with van der Waals surface area (Å²) in [6.45, 7) is 5.14. The number of carbonyl (C=O) groups is 1. The van der Waals surface area contributed by atoms with Crippen LogP contribution >= 0.6 is 0 Å². The van der Waals surface area contributed by atoms with Crippen molar-refractivity contribution >= 4 is 11.6 Å². The minimum Gasteiger partial charge on any atom is -0.350 e. The summed E-state index contributed by atoms with van der Waals surface area (Å²) < 4.78 is 11.4. The molecule has 0 bridgehead atoms. The van der Waals surface area contributed by atoms with Gasteiger partial charge in [-0.25, -0.2) is 0 Å². The van der Waals surface area contributed by atoms with Gasteiger partial charge in [-0.15, -0.1) is 0 Å². The molecule has 2 aliphatic heterocycles. The highest BCUT2D eigenvalue weighted by molar-refractivity contribution is 5.95. The first-order chi connectivity index (χ1) is 13.7. The number of nitrogens with zero attached hydrogens (tertiary/aromatic N) is 1. The van der Waals surface area contributed by atoms with Gasteiger partial charge >= 0.3 is 0 Å². The van der Waals surface area contributed by atoms with Crippen LogP contribution in [0.5, 0.6) is 0 Å². The Kier molecular flexibility index (Phi) is 6.05. The first-order valence-corrected chi connectivity index (χ1v) is 10.1. The molecule has 2 fully saturated rings. The average molecular weight is 380 g/mol. The molecule has 0 spiro atoms. The van der Waals surface area contributed by atoms with E-state index in [0.717, 1.165) is 37.2 Å². The molecule has 0 radical (unpaired) electrons. The zero-order chi connectivity index (χ0) is 19.3. The summed E-state index contributed by atoms with van der Waals surface area (Å²) in [7, 11) is 0. The second-order valence-corrected chi connectivity index (χ2v) is 7.65. The fraction of sp³-hybridized carbons (Fsp3) is 0.435. The molecule has 5 heteroatoms. The lowest BCUT2D eigenvalue weighted by molar-refractivity contribution is -0.124. The molecule has 2 aromatic rings. The predicted molar refractivity (Wildman–Crippen MR) is 109 cm³/mol. The number of carbonyl (C=O) groups excluding carboxylic acids is 1. The molecule has 0 aliphatic carbocycles. The molecule has 1 amide bonds. The molecule has 0 saturated carbocycles. The van der Waals surface area contributed by atoms with Crippen molar-refractivity contribution < 1.29 is 14.3 Å². The molecule has 1 atom stereocenters. The number of amides is 1. The Morgan fingerprint density at radius 3 is 2.29 bits per heavy atom. The highest BCUT2D eigenvalue weighted by atomic mass is 16.7. The monoisotopic (exact) mass is 380 g/mol. The van der Waals surface area contributed by atoms with Crippen molar-refractivity contribution in [2.24, 2.45) is 5.92 Å². The molecular formula is C23H28N2O3. The third-order valence-corrected chi connectivity index (χ3v) is 5.65. The summed E-state index contributed by atoms with van der Waals surface area (Å²) in [5.74, 6) is 0.428. The molecule has 2 heterocycles. The number of piperidine rings is 1. The maximum Gasteiger partial charge on any atom is 0.246 e. The van der Waals surface area contributed by atoms with Crippen LogP contribution in [0.15, 0.2) is 54.6 Å².